The molecule has 0 aromatic heterocycles. The molecule has 3 nitrogen and oxygen atoms in total. The number of hydrogen-bond acceptors (Lipinski definition) is 4. The Bertz CT molecular complexity index is 424. The van der Waals surface area contributed by atoms with E-state index in [0.29, 0.717) is 0 Å². The van der Waals surface area contributed by atoms with Crippen molar-refractivity contribution >= 4 is 17.5 Å². The molecule has 0 heterocycles. The van der Waals surface area contributed by atoms with E-state index in [2.05, 4.69) is 0 Å². The van der Waals surface area contributed by atoms with Crippen LogP contribution in [0.1, 0.15) is 36.7 Å². The molecule has 0 radical (unpaired) electrons. The molecule has 100 valence electrons. The van der Waals surface area contributed by atoms with Crippen LogP contribution in [0, 0.1) is 0 Å². The fourth-order valence-corrected chi connectivity index (χ4v) is 2.61. The van der Waals surface area contributed by atoms with Gasteiger partial charge in [0, 0.05) is 28.2 Å². The molecule has 1 aromatic rings. The molecule has 0 atom stereocenters. The maximum absolute atomic E-state index is 11.4. The largest absolute Gasteiger partial charge is 0.496 e. The minimum Gasteiger partial charge on any atom is -0.496 e. The van der Waals surface area contributed by atoms with Gasteiger partial charge in [0.1, 0.15) is 5.75 Å². The van der Waals surface area contributed by atoms with Crippen LogP contribution in [0.25, 0.3) is 0 Å². The Morgan fingerprint density at radius 1 is 1.44 bits per heavy atom. The van der Waals surface area contributed by atoms with Crippen molar-refractivity contribution in [3.05, 3.63) is 29.3 Å². The second kappa shape index (κ2) is 6.25. The third-order valence-corrected chi connectivity index (χ3v) is 3.88. The number of thioether (sulfide) groups is 1. The van der Waals surface area contributed by atoms with E-state index in [1.807, 2.05) is 26.0 Å². The zero-order valence-electron chi connectivity index (χ0n) is 11.4. The zero-order chi connectivity index (χ0) is 13.8. The standard InChI is InChI=1S/C14H21NO2S/c1-10(16)11-5-6-13(17-4)12(7-11)8-18-9-14(2,3)15/h5-7H,8-9,15H2,1-4H3. The number of carbonyl (C=O) groups is 1. The van der Waals surface area contributed by atoms with Crippen molar-refractivity contribution in [1.29, 1.82) is 0 Å². The Balaban J connectivity index is 2.78. The van der Waals surface area contributed by atoms with Gasteiger partial charge in [0.05, 0.1) is 7.11 Å². The lowest BCUT2D eigenvalue weighted by Crippen LogP contribution is -2.34. The van der Waals surface area contributed by atoms with Crippen LogP contribution in [0.4, 0.5) is 0 Å². The summed E-state index contributed by atoms with van der Waals surface area (Å²) in [5.41, 5.74) is 7.52. The summed E-state index contributed by atoms with van der Waals surface area (Å²) in [6, 6.07) is 5.54. The lowest BCUT2D eigenvalue weighted by atomic mass is 10.1. The highest BCUT2D eigenvalue weighted by atomic mass is 32.2. The van der Waals surface area contributed by atoms with Gasteiger partial charge in [0.25, 0.3) is 0 Å². The summed E-state index contributed by atoms with van der Waals surface area (Å²) in [5.74, 6) is 2.55. The number of Topliss-reactive ketones (excluding diaryl/α,β-unsaturated/α-hetero) is 1. The molecule has 4 heteroatoms. The molecule has 18 heavy (non-hydrogen) atoms. The van der Waals surface area contributed by atoms with E-state index in [4.69, 9.17) is 10.5 Å². The molecule has 0 fully saturated rings. The first kappa shape index (κ1) is 15.1. The van der Waals surface area contributed by atoms with E-state index >= 15 is 0 Å². The van der Waals surface area contributed by atoms with E-state index < -0.39 is 0 Å². The monoisotopic (exact) mass is 267 g/mol. The van der Waals surface area contributed by atoms with Gasteiger partial charge in [-0.2, -0.15) is 11.8 Å². The van der Waals surface area contributed by atoms with Crippen molar-refractivity contribution in [3.8, 4) is 5.75 Å². The highest BCUT2D eigenvalue weighted by Gasteiger charge is 2.12. The summed E-state index contributed by atoms with van der Waals surface area (Å²) in [4.78, 5) is 11.4. The first-order valence-electron chi connectivity index (χ1n) is 5.88. The molecule has 0 bridgehead atoms. The van der Waals surface area contributed by atoms with Crippen molar-refractivity contribution in [2.24, 2.45) is 5.73 Å². The van der Waals surface area contributed by atoms with Crippen molar-refractivity contribution in [2.75, 3.05) is 12.9 Å². The highest BCUT2D eigenvalue weighted by molar-refractivity contribution is 7.98. The van der Waals surface area contributed by atoms with Crippen molar-refractivity contribution < 1.29 is 9.53 Å². The number of carbonyl (C=O) groups excluding carboxylic acids is 1. The first-order valence-corrected chi connectivity index (χ1v) is 7.03. The number of methoxy groups -OCH3 is 1. The minimum atomic E-state index is -0.184. The van der Waals surface area contributed by atoms with Crippen molar-refractivity contribution in [1.82, 2.24) is 0 Å². The van der Waals surface area contributed by atoms with Crippen LogP contribution in [-0.4, -0.2) is 24.2 Å². The molecule has 1 aromatic carbocycles. The summed E-state index contributed by atoms with van der Waals surface area (Å²) in [6.45, 7) is 5.58. The number of ketones is 1. The number of nitrogens with two attached hydrogens (primary N) is 1. The third kappa shape index (κ3) is 4.70. The normalized spacial score (nSPS) is 11.4. The van der Waals surface area contributed by atoms with E-state index in [0.717, 1.165) is 28.4 Å². The molecule has 0 aliphatic heterocycles. The van der Waals surface area contributed by atoms with Crippen LogP contribution in [0.15, 0.2) is 18.2 Å². The van der Waals surface area contributed by atoms with Crippen LogP contribution in [0.3, 0.4) is 0 Å². The average molecular weight is 267 g/mol. The molecule has 2 N–H and O–H groups in total. The van der Waals surface area contributed by atoms with Gasteiger partial charge >= 0.3 is 0 Å². The second-order valence-electron chi connectivity index (χ2n) is 5.06. The van der Waals surface area contributed by atoms with Gasteiger partial charge in [0.2, 0.25) is 0 Å². The number of rotatable bonds is 6. The summed E-state index contributed by atoms with van der Waals surface area (Å²) >= 11 is 1.75. The van der Waals surface area contributed by atoms with E-state index in [-0.39, 0.29) is 11.3 Å². The summed E-state index contributed by atoms with van der Waals surface area (Å²) in [6.07, 6.45) is 0. The Hall–Kier alpha value is -1.00. The van der Waals surface area contributed by atoms with E-state index in [1.165, 1.54) is 0 Å². The van der Waals surface area contributed by atoms with Gasteiger partial charge in [-0.25, -0.2) is 0 Å². The second-order valence-corrected chi connectivity index (χ2v) is 6.05. The number of benzene rings is 1. The topological polar surface area (TPSA) is 52.3 Å². The van der Waals surface area contributed by atoms with Gasteiger partial charge in [-0.05, 0) is 39.0 Å². The Morgan fingerprint density at radius 2 is 2.11 bits per heavy atom. The summed E-state index contributed by atoms with van der Waals surface area (Å²) in [5, 5.41) is 0. The van der Waals surface area contributed by atoms with Crippen LogP contribution < -0.4 is 10.5 Å². The molecule has 1 rings (SSSR count). The molecule has 0 unspecified atom stereocenters. The smallest absolute Gasteiger partial charge is 0.159 e. The lowest BCUT2D eigenvalue weighted by Gasteiger charge is -2.18. The molecule has 0 aliphatic rings. The highest BCUT2D eigenvalue weighted by Crippen LogP contribution is 2.26. The number of hydrogen-bond donors (Lipinski definition) is 1. The fourth-order valence-electron chi connectivity index (χ4n) is 1.53. The maximum atomic E-state index is 11.4. The van der Waals surface area contributed by atoms with Crippen LogP contribution in [0.2, 0.25) is 0 Å². The average Bonchev–Trinajstić information content (AvgIpc) is 2.27. The molecular weight excluding hydrogens is 246 g/mol. The van der Waals surface area contributed by atoms with Crippen LogP contribution >= 0.6 is 11.8 Å². The molecular formula is C14H21NO2S. The predicted molar refractivity (Wildman–Crippen MR) is 77.4 cm³/mol. The molecule has 0 saturated heterocycles. The van der Waals surface area contributed by atoms with Crippen LogP contribution in [0.5, 0.6) is 5.75 Å². The molecule has 0 aliphatic carbocycles. The predicted octanol–water partition coefficient (Wildman–Crippen LogP) is 2.87. The van der Waals surface area contributed by atoms with Crippen molar-refractivity contribution in [3.63, 3.8) is 0 Å². The third-order valence-electron chi connectivity index (χ3n) is 2.42. The van der Waals surface area contributed by atoms with E-state index in [1.54, 1.807) is 31.9 Å². The zero-order valence-corrected chi connectivity index (χ0v) is 12.3. The molecule has 0 amide bonds. The van der Waals surface area contributed by atoms with Crippen molar-refractivity contribution in [2.45, 2.75) is 32.1 Å². The quantitative estimate of drug-likeness (QED) is 0.805. The first-order chi connectivity index (χ1) is 8.33. The SMILES string of the molecule is COc1ccc(C(C)=O)cc1CSCC(C)(C)N. The molecule has 0 saturated carbocycles. The Morgan fingerprint density at radius 3 is 2.61 bits per heavy atom. The van der Waals surface area contributed by atoms with Gasteiger partial charge in [-0.15, -0.1) is 0 Å². The fraction of sp³-hybridized carbons (Fsp3) is 0.500. The summed E-state index contributed by atoms with van der Waals surface area (Å²) < 4.78 is 5.31. The van der Waals surface area contributed by atoms with Gasteiger partial charge in [0.15, 0.2) is 5.78 Å². The van der Waals surface area contributed by atoms with Crippen LogP contribution in [-0.2, 0) is 5.75 Å². The van der Waals surface area contributed by atoms with Gasteiger partial charge in [-0.3, -0.25) is 4.79 Å². The van der Waals surface area contributed by atoms with E-state index in [9.17, 15) is 4.79 Å². The maximum Gasteiger partial charge on any atom is 0.159 e. The Kier molecular flexibility index (Phi) is 5.23. The van der Waals surface area contributed by atoms with Gasteiger partial charge in [-0.1, -0.05) is 0 Å². The Labute approximate surface area is 113 Å². The van der Waals surface area contributed by atoms with Gasteiger partial charge < -0.3 is 10.5 Å². The minimum absolute atomic E-state index is 0.0723. The molecule has 0 spiro atoms. The number of ether oxygens (including phenoxy) is 1. The summed E-state index contributed by atoms with van der Waals surface area (Å²) in [7, 11) is 1.64. The lowest BCUT2D eigenvalue weighted by molar-refractivity contribution is 0.101.